The smallest absolute Gasteiger partial charge is 0.311 e. The maximum absolute atomic E-state index is 10.6. The van der Waals surface area contributed by atoms with Gasteiger partial charge in [-0.1, -0.05) is 30.3 Å². The van der Waals surface area contributed by atoms with Crippen LogP contribution in [0.5, 0.6) is 0 Å². The molecule has 6 heteroatoms. The second kappa shape index (κ2) is 5.81. The maximum Gasteiger partial charge on any atom is 0.311 e. The van der Waals surface area contributed by atoms with E-state index in [1.165, 1.54) is 11.6 Å². The molecule has 0 fully saturated rings. The van der Waals surface area contributed by atoms with E-state index in [4.69, 9.17) is 5.73 Å². The third-order valence-electron chi connectivity index (χ3n) is 2.66. The van der Waals surface area contributed by atoms with Crippen molar-refractivity contribution in [3.05, 3.63) is 58.1 Å². The summed E-state index contributed by atoms with van der Waals surface area (Å²) in [5.74, 6) is 0.466. The van der Waals surface area contributed by atoms with E-state index in [9.17, 15) is 10.1 Å². The van der Waals surface area contributed by atoms with Crippen LogP contribution in [0.3, 0.4) is 0 Å². The van der Waals surface area contributed by atoms with Crippen LogP contribution < -0.4 is 11.1 Å². The first kappa shape index (κ1) is 12.8. The lowest BCUT2D eigenvalue weighted by atomic mass is 10.1. The zero-order valence-electron chi connectivity index (χ0n) is 10.2. The third-order valence-corrected chi connectivity index (χ3v) is 2.66. The number of nitrogens with one attached hydrogen (secondary N) is 1. The molecular formula is C13H14N4O2. The molecular weight excluding hydrogens is 244 g/mol. The first-order valence-electron chi connectivity index (χ1n) is 5.85. The fourth-order valence-corrected chi connectivity index (χ4v) is 1.70. The molecule has 0 spiro atoms. The van der Waals surface area contributed by atoms with Crippen LogP contribution in [0.2, 0.25) is 0 Å². The Kier molecular flexibility index (Phi) is 3.92. The summed E-state index contributed by atoms with van der Waals surface area (Å²) >= 11 is 0. The summed E-state index contributed by atoms with van der Waals surface area (Å²) in [5.41, 5.74) is 6.55. The second-order valence-electron chi connectivity index (χ2n) is 4.02. The van der Waals surface area contributed by atoms with E-state index < -0.39 is 4.92 Å². The van der Waals surface area contributed by atoms with Gasteiger partial charge in [0.25, 0.3) is 0 Å². The number of nitrogen functional groups attached to an aromatic ring is 1. The van der Waals surface area contributed by atoms with Gasteiger partial charge in [0.2, 0.25) is 5.82 Å². The zero-order valence-corrected chi connectivity index (χ0v) is 10.2. The normalized spacial score (nSPS) is 10.1. The van der Waals surface area contributed by atoms with Crippen molar-refractivity contribution in [3.63, 3.8) is 0 Å². The minimum Gasteiger partial charge on any atom is -0.378 e. The molecule has 98 valence electrons. The van der Waals surface area contributed by atoms with E-state index in [0.29, 0.717) is 12.4 Å². The lowest BCUT2D eigenvalue weighted by molar-refractivity contribution is -0.384. The molecule has 0 aliphatic rings. The number of anilines is 2. The number of nitro groups is 1. The van der Waals surface area contributed by atoms with Gasteiger partial charge < -0.3 is 11.1 Å². The quantitative estimate of drug-likeness (QED) is 0.633. The molecule has 0 amide bonds. The lowest BCUT2D eigenvalue weighted by Crippen LogP contribution is -2.08. The Hall–Kier alpha value is -2.63. The number of hydrogen-bond acceptors (Lipinski definition) is 5. The van der Waals surface area contributed by atoms with Crippen LogP contribution in [0.15, 0.2) is 42.5 Å². The standard InChI is InChI=1S/C13H14N4O2/c14-13-11(17(18)19)6-7-12(16-13)15-9-8-10-4-2-1-3-5-10/h1-7H,8-9H2,(H3,14,15,16). The topological polar surface area (TPSA) is 94.1 Å². The number of nitrogens with zero attached hydrogens (tertiary/aromatic N) is 2. The van der Waals surface area contributed by atoms with Crippen molar-refractivity contribution in [1.29, 1.82) is 0 Å². The fraction of sp³-hybridized carbons (Fsp3) is 0.154. The van der Waals surface area contributed by atoms with Crippen LogP contribution >= 0.6 is 0 Å². The third kappa shape index (κ3) is 3.41. The summed E-state index contributed by atoms with van der Waals surface area (Å²) in [7, 11) is 0. The lowest BCUT2D eigenvalue weighted by Gasteiger charge is -2.06. The monoisotopic (exact) mass is 258 g/mol. The number of hydrogen-bond donors (Lipinski definition) is 2. The Balaban J connectivity index is 1.93. The molecule has 2 aromatic rings. The second-order valence-corrected chi connectivity index (χ2v) is 4.02. The predicted molar refractivity (Wildman–Crippen MR) is 73.9 cm³/mol. The highest BCUT2D eigenvalue weighted by atomic mass is 16.6. The summed E-state index contributed by atoms with van der Waals surface area (Å²) in [6.07, 6.45) is 0.847. The minimum absolute atomic E-state index is 0.0743. The first-order valence-corrected chi connectivity index (χ1v) is 5.85. The van der Waals surface area contributed by atoms with Crippen molar-refractivity contribution in [2.75, 3.05) is 17.6 Å². The SMILES string of the molecule is Nc1nc(NCCc2ccccc2)ccc1[N+](=O)[O-]. The molecule has 3 N–H and O–H groups in total. The van der Waals surface area contributed by atoms with E-state index in [2.05, 4.69) is 10.3 Å². The molecule has 1 heterocycles. The largest absolute Gasteiger partial charge is 0.378 e. The van der Waals surface area contributed by atoms with E-state index in [0.717, 1.165) is 6.42 Å². The fourth-order valence-electron chi connectivity index (χ4n) is 1.70. The van der Waals surface area contributed by atoms with E-state index in [1.54, 1.807) is 6.07 Å². The maximum atomic E-state index is 10.6. The highest BCUT2D eigenvalue weighted by molar-refractivity contribution is 5.57. The molecule has 6 nitrogen and oxygen atoms in total. The van der Waals surface area contributed by atoms with Crippen molar-refractivity contribution in [1.82, 2.24) is 4.98 Å². The molecule has 0 radical (unpaired) electrons. The number of nitrogens with two attached hydrogens (primary N) is 1. The highest BCUT2D eigenvalue weighted by Crippen LogP contribution is 2.20. The van der Waals surface area contributed by atoms with Gasteiger partial charge in [-0.05, 0) is 18.1 Å². The molecule has 0 aliphatic heterocycles. The molecule has 0 saturated carbocycles. The Morgan fingerprint density at radius 2 is 1.95 bits per heavy atom. The van der Waals surface area contributed by atoms with E-state index in [1.807, 2.05) is 30.3 Å². The minimum atomic E-state index is -0.546. The van der Waals surface area contributed by atoms with Crippen LogP contribution in [-0.4, -0.2) is 16.5 Å². The molecule has 1 aromatic carbocycles. The molecule has 0 atom stereocenters. The molecule has 1 aromatic heterocycles. The average Bonchev–Trinajstić information content (AvgIpc) is 2.39. The van der Waals surface area contributed by atoms with Gasteiger partial charge in [-0.2, -0.15) is 0 Å². The van der Waals surface area contributed by atoms with Crippen LogP contribution in [-0.2, 0) is 6.42 Å². The summed E-state index contributed by atoms with van der Waals surface area (Å²) in [6.45, 7) is 0.689. The van der Waals surface area contributed by atoms with Crippen molar-refractivity contribution < 1.29 is 4.92 Å². The summed E-state index contributed by atoms with van der Waals surface area (Å²) in [4.78, 5) is 14.0. The number of benzene rings is 1. The van der Waals surface area contributed by atoms with Gasteiger partial charge >= 0.3 is 5.69 Å². The number of rotatable bonds is 5. The van der Waals surface area contributed by atoms with Gasteiger partial charge in [0.15, 0.2) is 0 Å². The zero-order chi connectivity index (χ0) is 13.7. The molecule has 0 bridgehead atoms. The van der Waals surface area contributed by atoms with Crippen molar-refractivity contribution >= 4 is 17.3 Å². The van der Waals surface area contributed by atoms with Gasteiger partial charge in [-0.15, -0.1) is 0 Å². The van der Waals surface area contributed by atoms with Crippen LogP contribution in [0.1, 0.15) is 5.56 Å². The van der Waals surface area contributed by atoms with Gasteiger partial charge in [0.05, 0.1) is 4.92 Å². The molecule has 0 saturated heterocycles. The van der Waals surface area contributed by atoms with Gasteiger partial charge in [-0.3, -0.25) is 10.1 Å². The molecule has 2 rings (SSSR count). The summed E-state index contributed by atoms with van der Waals surface area (Å²) < 4.78 is 0. The summed E-state index contributed by atoms with van der Waals surface area (Å²) in [5, 5.41) is 13.7. The Labute approximate surface area is 110 Å². The van der Waals surface area contributed by atoms with E-state index in [-0.39, 0.29) is 11.5 Å². The van der Waals surface area contributed by atoms with Crippen LogP contribution in [0.25, 0.3) is 0 Å². The molecule has 0 unspecified atom stereocenters. The first-order chi connectivity index (χ1) is 9.16. The summed E-state index contributed by atoms with van der Waals surface area (Å²) in [6, 6.07) is 12.9. The molecule has 19 heavy (non-hydrogen) atoms. The van der Waals surface area contributed by atoms with Crippen LogP contribution in [0, 0.1) is 10.1 Å². The van der Waals surface area contributed by atoms with Gasteiger partial charge in [0.1, 0.15) is 5.82 Å². The molecule has 0 aliphatic carbocycles. The van der Waals surface area contributed by atoms with Crippen molar-refractivity contribution in [3.8, 4) is 0 Å². The van der Waals surface area contributed by atoms with Crippen molar-refractivity contribution in [2.45, 2.75) is 6.42 Å². The Morgan fingerprint density at radius 3 is 2.58 bits per heavy atom. The Morgan fingerprint density at radius 1 is 1.21 bits per heavy atom. The predicted octanol–water partition coefficient (Wildman–Crippen LogP) is 2.23. The van der Waals surface area contributed by atoms with Gasteiger partial charge in [0, 0.05) is 12.6 Å². The van der Waals surface area contributed by atoms with Crippen molar-refractivity contribution in [2.24, 2.45) is 0 Å². The number of pyridine rings is 1. The van der Waals surface area contributed by atoms with Crippen LogP contribution in [0.4, 0.5) is 17.3 Å². The number of aromatic nitrogens is 1. The highest BCUT2D eigenvalue weighted by Gasteiger charge is 2.12. The average molecular weight is 258 g/mol. The van der Waals surface area contributed by atoms with Gasteiger partial charge in [-0.25, -0.2) is 4.98 Å². The van der Waals surface area contributed by atoms with E-state index >= 15 is 0 Å². The Bertz CT molecular complexity index is 572.